The van der Waals surface area contributed by atoms with E-state index in [1.54, 1.807) is 66.7 Å². The molecule has 0 aliphatic heterocycles. The number of benzene rings is 3. The molecule has 0 heterocycles. The summed E-state index contributed by atoms with van der Waals surface area (Å²) in [7, 11) is 0. The lowest BCUT2D eigenvalue weighted by molar-refractivity contribution is -0.129. The van der Waals surface area contributed by atoms with Gasteiger partial charge in [-0.3, -0.25) is 0 Å². The van der Waals surface area contributed by atoms with Gasteiger partial charge in [0.15, 0.2) is 6.26 Å². The maximum absolute atomic E-state index is 12.7. The fourth-order valence-electron chi connectivity index (χ4n) is 2.88. The number of hydrogen-bond acceptors (Lipinski definition) is 5. The van der Waals surface area contributed by atoms with E-state index < -0.39 is 18.0 Å². The van der Waals surface area contributed by atoms with Gasteiger partial charge in [-0.25, -0.2) is 9.59 Å². The molecule has 7 heteroatoms. The summed E-state index contributed by atoms with van der Waals surface area (Å²) in [5, 5.41) is 0. The number of rotatable bonds is 8. The summed E-state index contributed by atoms with van der Waals surface area (Å²) in [4.78, 5) is 22.7. The molecule has 0 unspecified atom stereocenters. The van der Waals surface area contributed by atoms with Crippen molar-refractivity contribution in [1.82, 2.24) is 0 Å². The Morgan fingerprint density at radius 1 is 0.697 bits per heavy atom. The van der Waals surface area contributed by atoms with Crippen LogP contribution in [0.2, 0.25) is 0 Å². The first-order valence-electron chi connectivity index (χ1n) is 9.61. The standard InChI is InChI=1S/C26H18F2O5/c1-3-25(29)32-20-10-5-17(6-11-20)19-9-14-22(23(15-19)31-16-24(27)28)18-7-12-21(13-8-18)33-26(30)4-2/h3-16H,1-2H2. The lowest BCUT2D eigenvalue weighted by atomic mass is 9.99. The van der Waals surface area contributed by atoms with Crippen molar-refractivity contribution in [3.63, 3.8) is 0 Å². The van der Waals surface area contributed by atoms with Crippen LogP contribution in [0.4, 0.5) is 8.78 Å². The SMILES string of the molecule is C=CC(=O)Oc1ccc(-c2ccc(-c3ccc(OC(=O)C=C)cc3)c(OC=C(F)F)c2)cc1. The molecule has 0 atom stereocenters. The van der Waals surface area contributed by atoms with E-state index in [1.165, 1.54) is 0 Å². The van der Waals surface area contributed by atoms with Gasteiger partial charge in [-0.15, -0.1) is 0 Å². The van der Waals surface area contributed by atoms with Crippen LogP contribution in [-0.2, 0) is 9.59 Å². The quantitative estimate of drug-likeness (QED) is 0.175. The lowest BCUT2D eigenvalue weighted by Gasteiger charge is -2.12. The predicted octanol–water partition coefficient (Wildman–Crippen LogP) is 6.32. The van der Waals surface area contributed by atoms with Gasteiger partial charge in [-0.05, 0) is 47.0 Å². The van der Waals surface area contributed by atoms with Crippen molar-refractivity contribution in [2.45, 2.75) is 0 Å². The fourth-order valence-corrected chi connectivity index (χ4v) is 2.88. The highest BCUT2D eigenvalue weighted by Crippen LogP contribution is 2.36. The molecule has 0 saturated heterocycles. The van der Waals surface area contributed by atoms with E-state index in [1.807, 2.05) is 0 Å². The molecule has 0 aliphatic carbocycles. The first kappa shape index (κ1) is 23.1. The minimum Gasteiger partial charge on any atom is -0.459 e. The Kier molecular flexibility index (Phi) is 7.49. The topological polar surface area (TPSA) is 61.8 Å². The average Bonchev–Trinajstić information content (AvgIpc) is 2.83. The van der Waals surface area contributed by atoms with E-state index in [4.69, 9.17) is 14.2 Å². The van der Waals surface area contributed by atoms with Gasteiger partial charge in [0, 0.05) is 17.7 Å². The van der Waals surface area contributed by atoms with Gasteiger partial charge in [-0.1, -0.05) is 49.6 Å². The smallest absolute Gasteiger partial charge is 0.335 e. The van der Waals surface area contributed by atoms with Gasteiger partial charge in [0.25, 0.3) is 0 Å². The highest BCUT2D eigenvalue weighted by atomic mass is 19.3. The Bertz CT molecular complexity index is 1210. The van der Waals surface area contributed by atoms with E-state index in [0.717, 1.165) is 17.7 Å². The first-order valence-corrected chi connectivity index (χ1v) is 9.61. The van der Waals surface area contributed by atoms with Crippen LogP contribution in [0.1, 0.15) is 0 Å². The van der Waals surface area contributed by atoms with Crippen LogP contribution >= 0.6 is 0 Å². The summed E-state index contributed by atoms with van der Waals surface area (Å²) in [6.07, 6.45) is 0.489. The van der Waals surface area contributed by atoms with E-state index in [0.29, 0.717) is 34.5 Å². The molecule has 0 aliphatic rings. The molecule has 3 aromatic rings. The van der Waals surface area contributed by atoms with Crippen LogP contribution in [0.3, 0.4) is 0 Å². The monoisotopic (exact) mass is 448 g/mol. The van der Waals surface area contributed by atoms with Gasteiger partial charge in [0.2, 0.25) is 0 Å². The van der Waals surface area contributed by atoms with Crippen LogP contribution in [0.15, 0.2) is 104 Å². The van der Waals surface area contributed by atoms with Crippen molar-refractivity contribution in [2.75, 3.05) is 0 Å². The van der Waals surface area contributed by atoms with Crippen LogP contribution < -0.4 is 14.2 Å². The largest absolute Gasteiger partial charge is 0.459 e. The highest BCUT2D eigenvalue weighted by molar-refractivity contribution is 5.84. The number of ether oxygens (including phenoxy) is 3. The second kappa shape index (κ2) is 10.7. The summed E-state index contributed by atoms with van der Waals surface area (Å²) in [6.45, 7) is 6.68. The van der Waals surface area contributed by atoms with E-state index in [9.17, 15) is 18.4 Å². The number of esters is 2. The van der Waals surface area contributed by atoms with Crippen molar-refractivity contribution in [3.05, 3.63) is 104 Å². The number of carbonyl (C=O) groups excluding carboxylic acids is 2. The molecule has 5 nitrogen and oxygen atoms in total. The van der Waals surface area contributed by atoms with Crippen LogP contribution in [0.5, 0.6) is 17.2 Å². The summed E-state index contributed by atoms with van der Waals surface area (Å²) in [6, 6.07) is 18.3. The van der Waals surface area contributed by atoms with Gasteiger partial charge in [0.1, 0.15) is 17.2 Å². The maximum Gasteiger partial charge on any atom is 0.335 e. The van der Waals surface area contributed by atoms with Gasteiger partial charge in [0.05, 0.1) is 0 Å². The Morgan fingerprint density at radius 2 is 1.18 bits per heavy atom. The lowest BCUT2D eigenvalue weighted by Crippen LogP contribution is -2.02. The highest BCUT2D eigenvalue weighted by Gasteiger charge is 2.11. The molecular weight excluding hydrogens is 430 g/mol. The summed E-state index contributed by atoms with van der Waals surface area (Å²) < 4.78 is 40.7. The second-order valence-electron chi connectivity index (χ2n) is 6.54. The zero-order chi connectivity index (χ0) is 23.8. The molecule has 0 N–H and O–H groups in total. The maximum atomic E-state index is 12.7. The minimum absolute atomic E-state index is 0.193. The molecule has 0 radical (unpaired) electrons. The van der Waals surface area contributed by atoms with Crippen LogP contribution in [0.25, 0.3) is 22.3 Å². The molecule has 0 spiro atoms. The van der Waals surface area contributed by atoms with Gasteiger partial charge < -0.3 is 14.2 Å². The Labute approximate surface area is 188 Å². The Hall–Kier alpha value is -4.52. The summed E-state index contributed by atoms with van der Waals surface area (Å²) in [5.74, 6) is -0.317. The predicted molar refractivity (Wildman–Crippen MR) is 120 cm³/mol. The normalized spacial score (nSPS) is 10.0. The van der Waals surface area contributed by atoms with E-state index in [-0.39, 0.29) is 5.75 Å². The molecule has 0 aromatic heterocycles. The third-order valence-corrected chi connectivity index (χ3v) is 4.38. The molecule has 33 heavy (non-hydrogen) atoms. The van der Waals surface area contributed by atoms with Crippen LogP contribution in [-0.4, -0.2) is 11.9 Å². The molecule has 3 rings (SSSR count). The molecule has 0 fully saturated rings. The molecule has 166 valence electrons. The fraction of sp³-hybridized carbons (Fsp3) is 0. The average molecular weight is 448 g/mol. The third-order valence-electron chi connectivity index (χ3n) is 4.38. The van der Waals surface area contributed by atoms with E-state index >= 15 is 0 Å². The van der Waals surface area contributed by atoms with Crippen molar-refractivity contribution >= 4 is 11.9 Å². The molecule has 0 amide bonds. The third kappa shape index (κ3) is 6.24. The first-order chi connectivity index (χ1) is 15.9. The molecule has 3 aromatic carbocycles. The van der Waals surface area contributed by atoms with Crippen LogP contribution in [0, 0.1) is 0 Å². The zero-order valence-electron chi connectivity index (χ0n) is 17.3. The molecule has 0 saturated carbocycles. The van der Waals surface area contributed by atoms with Crippen molar-refractivity contribution in [1.29, 1.82) is 0 Å². The number of hydrogen-bond donors (Lipinski definition) is 0. The van der Waals surface area contributed by atoms with Crippen molar-refractivity contribution < 1.29 is 32.6 Å². The summed E-state index contributed by atoms with van der Waals surface area (Å²) >= 11 is 0. The number of halogens is 2. The van der Waals surface area contributed by atoms with Gasteiger partial charge in [-0.2, -0.15) is 8.78 Å². The zero-order valence-corrected chi connectivity index (χ0v) is 17.3. The molecular formula is C26H18F2O5. The van der Waals surface area contributed by atoms with Gasteiger partial charge >= 0.3 is 18.0 Å². The van der Waals surface area contributed by atoms with Crippen molar-refractivity contribution in [2.24, 2.45) is 0 Å². The molecule has 0 bridgehead atoms. The Morgan fingerprint density at radius 3 is 1.67 bits per heavy atom. The number of carbonyl (C=O) groups is 2. The van der Waals surface area contributed by atoms with Crippen molar-refractivity contribution in [3.8, 4) is 39.5 Å². The Balaban J connectivity index is 1.93. The summed E-state index contributed by atoms with van der Waals surface area (Å²) in [5.41, 5.74) is 2.66. The second-order valence-corrected chi connectivity index (χ2v) is 6.54. The minimum atomic E-state index is -1.98. The van der Waals surface area contributed by atoms with E-state index in [2.05, 4.69) is 13.2 Å².